The summed E-state index contributed by atoms with van der Waals surface area (Å²) in [5.74, 6) is -1.30. The van der Waals surface area contributed by atoms with Gasteiger partial charge in [-0.1, -0.05) is 54.6 Å². The third-order valence-corrected chi connectivity index (χ3v) is 6.49. The fourth-order valence-corrected chi connectivity index (χ4v) is 5.15. The zero-order valence-corrected chi connectivity index (χ0v) is 18.1. The van der Waals surface area contributed by atoms with Crippen molar-refractivity contribution in [1.29, 1.82) is 0 Å². The molecule has 4 rings (SSSR count). The summed E-state index contributed by atoms with van der Waals surface area (Å²) in [6, 6.07) is 32.5. The molecule has 0 bridgehead atoms. The second-order valence-electron chi connectivity index (χ2n) is 5.67. The molecule has 4 aromatic rings. The van der Waals surface area contributed by atoms with Gasteiger partial charge in [-0.3, -0.25) is 10.3 Å². The van der Waals surface area contributed by atoms with E-state index in [1.54, 1.807) is 0 Å². The van der Waals surface area contributed by atoms with Crippen LogP contribution in [-0.4, -0.2) is 15.5 Å². The molecule has 0 atom stereocenters. The third kappa shape index (κ3) is 6.61. The van der Waals surface area contributed by atoms with Crippen LogP contribution in [-0.2, 0) is 28.6 Å². The molecule has 0 amide bonds. The standard InChI is InChI=1S/C18H15P.C2F3N4.Au/c1-4-10-16(11-5-1)19(17-12-6-2-7-13-17)18-14-8-3-9-15-18;3-2(4,5)1-6-8-9-7-1;/h1-15H;;/q;-1;+1/p+1. The molecule has 0 radical (unpaired) electrons. The predicted octanol–water partition coefficient (Wildman–Crippen LogP) is 3.02. The third-order valence-electron chi connectivity index (χ3n) is 3.76. The second kappa shape index (κ2) is 11.0. The van der Waals surface area contributed by atoms with Gasteiger partial charge in [-0.05, 0) is 36.4 Å². The predicted molar refractivity (Wildman–Crippen MR) is 105 cm³/mol. The first kappa shape index (κ1) is 23.0. The molecule has 4 nitrogen and oxygen atoms in total. The minimum absolute atomic E-state index is 0. The van der Waals surface area contributed by atoms with Crippen LogP contribution < -0.4 is 21.0 Å². The van der Waals surface area contributed by atoms with E-state index in [0.717, 1.165) is 0 Å². The maximum absolute atomic E-state index is 11.4. The maximum atomic E-state index is 11.4. The summed E-state index contributed by atoms with van der Waals surface area (Å²) in [5, 5.41) is 14.8. The number of nitrogens with zero attached hydrogens (tertiary/aromatic N) is 4. The van der Waals surface area contributed by atoms with Crippen LogP contribution >= 0.6 is 7.92 Å². The van der Waals surface area contributed by atoms with Crippen molar-refractivity contribution >= 4 is 23.8 Å². The van der Waals surface area contributed by atoms with E-state index in [2.05, 4.69) is 112 Å². The van der Waals surface area contributed by atoms with E-state index in [0.29, 0.717) is 0 Å². The van der Waals surface area contributed by atoms with Gasteiger partial charge < -0.3 is 5.10 Å². The average Bonchev–Trinajstić information content (AvgIpc) is 3.27. The topological polar surface area (TPSA) is 52.8 Å². The van der Waals surface area contributed by atoms with Crippen molar-refractivity contribution in [3.63, 3.8) is 0 Å². The number of hydrogen-bond donors (Lipinski definition) is 0. The Kier molecular flexibility index (Phi) is 8.73. The number of hydrogen-bond acceptors (Lipinski definition) is 3. The van der Waals surface area contributed by atoms with Gasteiger partial charge in [0.25, 0.3) is 0 Å². The summed E-state index contributed by atoms with van der Waals surface area (Å²) in [6.07, 6.45) is -4.52. The zero-order chi connectivity index (χ0) is 19.8. The van der Waals surface area contributed by atoms with Crippen LogP contribution in [0, 0.1) is 0 Å². The van der Waals surface area contributed by atoms with Gasteiger partial charge in [0, 0.05) is 0 Å². The van der Waals surface area contributed by atoms with Crippen LogP contribution in [0.2, 0.25) is 0 Å². The molecule has 9 heteroatoms. The molecule has 0 aliphatic rings. The summed E-state index contributed by atoms with van der Waals surface area (Å²) in [6.45, 7) is 0. The van der Waals surface area contributed by atoms with E-state index in [1.807, 2.05) is 0 Å². The first-order chi connectivity index (χ1) is 13.6. The van der Waals surface area contributed by atoms with Gasteiger partial charge in [-0.2, -0.15) is 18.4 Å². The van der Waals surface area contributed by atoms with E-state index in [1.165, 1.54) is 15.9 Å². The van der Waals surface area contributed by atoms with Gasteiger partial charge in [0.2, 0.25) is 0 Å². The van der Waals surface area contributed by atoms with Crippen LogP contribution in [0.4, 0.5) is 13.2 Å². The number of benzene rings is 3. The second-order valence-corrected chi connectivity index (χ2v) is 8.16. The van der Waals surface area contributed by atoms with Gasteiger partial charge in [0.05, 0.1) is 7.92 Å². The molecule has 0 unspecified atom stereocenters. The molecule has 0 N–H and O–H groups in total. The number of tetrazole rings is 1. The Hall–Kier alpha value is -2.31. The largest absolute Gasteiger partial charge is 1.00 e. The maximum Gasteiger partial charge on any atom is 1.00 e. The Morgan fingerprint density at radius 2 is 1.03 bits per heavy atom. The Morgan fingerprint density at radius 1 is 0.655 bits per heavy atom. The molecule has 3 aromatic carbocycles. The Balaban J connectivity index is 0.000000255. The molecule has 1 aromatic heterocycles. The van der Waals surface area contributed by atoms with Crippen molar-refractivity contribution in [3.05, 3.63) is 96.8 Å². The summed E-state index contributed by atoms with van der Waals surface area (Å²) in [4.78, 5) is 0. The smallest absolute Gasteiger partial charge is 0.327 e. The van der Waals surface area contributed by atoms with Crippen molar-refractivity contribution in [1.82, 2.24) is 20.6 Å². The van der Waals surface area contributed by atoms with Gasteiger partial charge in [0.1, 0.15) is 21.7 Å². The molecule has 0 spiro atoms. The van der Waals surface area contributed by atoms with Crippen LogP contribution in [0.1, 0.15) is 5.82 Å². The van der Waals surface area contributed by atoms with E-state index in [9.17, 15) is 13.2 Å². The SMILES string of the molecule is FC(F)(F)c1nnn[n-]1.[Au+].c1ccc([PH+](c2ccccc2)c2ccccc2)cc1. The molecular formula is C20H16AuF3N4P+. The fourth-order valence-electron chi connectivity index (χ4n) is 2.57. The summed E-state index contributed by atoms with van der Waals surface area (Å²) in [7, 11) is -0.877. The monoisotopic (exact) mass is 597 g/mol. The molecular weight excluding hydrogens is 581 g/mol. The first-order valence-electron chi connectivity index (χ1n) is 8.35. The van der Waals surface area contributed by atoms with Crippen molar-refractivity contribution in [2.75, 3.05) is 0 Å². The molecule has 0 fully saturated rings. The number of halogens is 3. The van der Waals surface area contributed by atoms with Crippen LogP contribution in [0.5, 0.6) is 0 Å². The molecule has 1 heterocycles. The fraction of sp³-hybridized carbons (Fsp3) is 0.0500. The van der Waals surface area contributed by atoms with E-state index in [-0.39, 0.29) is 22.4 Å². The molecule has 0 saturated heterocycles. The van der Waals surface area contributed by atoms with Crippen molar-refractivity contribution in [2.24, 2.45) is 0 Å². The molecule has 29 heavy (non-hydrogen) atoms. The van der Waals surface area contributed by atoms with Crippen LogP contribution in [0.15, 0.2) is 91.0 Å². The van der Waals surface area contributed by atoms with Gasteiger partial charge >= 0.3 is 28.6 Å². The Labute approximate surface area is 182 Å². The summed E-state index contributed by atoms with van der Waals surface area (Å²) < 4.78 is 34.2. The normalized spacial score (nSPS) is 10.6. The van der Waals surface area contributed by atoms with Gasteiger partial charge in [-0.15, -0.1) is 0 Å². The number of rotatable bonds is 3. The molecule has 0 saturated carbocycles. The Bertz CT molecular complexity index is 860. The van der Waals surface area contributed by atoms with E-state index >= 15 is 0 Å². The van der Waals surface area contributed by atoms with Crippen molar-refractivity contribution in [3.8, 4) is 0 Å². The molecule has 0 aliphatic carbocycles. The molecule has 152 valence electrons. The molecule has 0 aliphatic heterocycles. The van der Waals surface area contributed by atoms with E-state index in [4.69, 9.17) is 0 Å². The Morgan fingerprint density at radius 3 is 1.28 bits per heavy atom. The number of alkyl halides is 3. The minimum Gasteiger partial charge on any atom is -0.327 e. The number of aromatic nitrogens is 4. The van der Waals surface area contributed by atoms with Crippen molar-refractivity contribution < 1.29 is 35.6 Å². The van der Waals surface area contributed by atoms with Crippen LogP contribution in [0.3, 0.4) is 0 Å². The van der Waals surface area contributed by atoms with E-state index < -0.39 is 19.9 Å². The quantitative estimate of drug-likeness (QED) is 0.270. The van der Waals surface area contributed by atoms with Crippen LogP contribution in [0.25, 0.3) is 0 Å². The van der Waals surface area contributed by atoms with Crippen molar-refractivity contribution in [2.45, 2.75) is 6.18 Å². The minimum atomic E-state index is -4.52. The summed E-state index contributed by atoms with van der Waals surface area (Å²) >= 11 is 0. The summed E-state index contributed by atoms with van der Waals surface area (Å²) in [5.41, 5.74) is 0. The average molecular weight is 597 g/mol. The first-order valence-corrected chi connectivity index (χ1v) is 9.85. The van der Waals surface area contributed by atoms with Gasteiger partial charge in [-0.25, -0.2) is 0 Å². The van der Waals surface area contributed by atoms with Gasteiger partial charge in [0.15, 0.2) is 0 Å². The zero-order valence-electron chi connectivity index (χ0n) is 14.9.